The van der Waals surface area contributed by atoms with Crippen LogP contribution in [0.4, 0.5) is 4.39 Å². The van der Waals surface area contributed by atoms with Crippen molar-refractivity contribution in [3.8, 4) is 0 Å². The number of imidazole rings is 1. The highest BCUT2D eigenvalue weighted by atomic mass is 35.5. The molecule has 0 radical (unpaired) electrons. The van der Waals surface area contributed by atoms with E-state index in [4.69, 9.17) is 11.6 Å². The van der Waals surface area contributed by atoms with Crippen molar-refractivity contribution >= 4 is 23.2 Å². The first kappa shape index (κ1) is 20.6. The zero-order valence-corrected chi connectivity index (χ0v) is 18.2. The number of pyridine rings is 2. The minimum absolute atomic E-state index is 0.0588. The van der Waals surface area contributed by atoms with Crippen LogP contribution < -0.4 is 0 Å². The summed E-state index contributed by atoms with van der Waals surface area (Å²) in [5, 5.41) is 0.599. The van der Waals surface area contributed by atoms with Crippen LogP contribution in [0.3, 0.4) is 0 Å². The number of nitrogens with zero attached hydrogens (tertiary/aromatic N) is 4. The maximum Gasteiger partial charge on any atom is 0.274 e. The molecule has 0 spiro atoms. The van der Waals surface area contributed by atoms with E-state index in [1.54, 1.807) is 41.1 Å². The van der Waals surface area contributed by atoms with Crippen molar-refractivity contribution in [3.05, 3.63) is 100 Å². The summed E-state index contributed by atoms with van der Waals surface area (Å²) in [7, 11) is 0. The van der Waals surface area contributed by atoms with Gasteiger partial charge in [0.1, 0.15) is 17.2 Å². The van der Waals surface area contributed by atoms with Crippen molar-refractivity contribution in [3.63, 3.8) is 0 Å². The first-order valence-electron chi connectivity index (χ1n) is 10.7. The van der Waals surface area contributed by atoms with Crippen molar-refractivity contribution in [2.45, 2.75) is 25.2 Å². The van der Waals surface area contributed by atoms with Gasteiger partial charge in [-0.3, -0.25) is 9.78 Å². The fraction of sp³-hybridized carbons (Fsp3) is 0.240. The van der Waals surface area contributed by atoms with Crippen molar-refractivity contribution in [1.82, 2.24) is 19.3 Å². The highest BCUT2D eigenvalue weighted by molar-refractivity contribution is 6.30. The average molecular weight is 449 g/mol. The number of halogens is 2. The van der Waals surface area contributed by atoms with Crippen LogP contribution in [0.2, 0.25) is 5.02 Å². The van der Waals surface area contributed by atoms with E-state index in [0.29, 0.717) is 47.4 Å². The topological polar surface area (TPSA) is 50.5 Å². The van der Waals surface area contributed by atoms with Crippen LogP contribution in [-0.2, 0) is 6.42 Å². The Bertz CT molecular complexity index is 1260. The molecule has 1 aromatic carbocycles. The number of amides is 1. The molecular weight excluding hydrogens is 427 g/mol. The van der Waals surface area contributed by atoms with Crippen LogP contribution in [0.25, 0.3) is 5.65 Å². The molecule has 5 nitrogen and oxygen atoms in total. The summed E-state index contributed by atoms with van der Waals surface area (Å²) in [6, 6.07) is 14.4. The van der Waals surface area contributed by atoms with E-state index in [0.717, 1.165) is 24.1 Å². The molecule has 0 unspecified atom stereocenters. The molecule has 5 rings (SSSR count). The highest BCUT2D eigenvalue weighted by Gasteiger charge is 2.26. The Hall–Kier alpha value is -3.25. The van der Waals surface area contributed by atoms with E-state index in [9.17, 15) is 9.18 Å². The van der Waals surface area contributed by atoms with E-state index in [-0.39, 0.29) is 11.7 Å². The van der Waals surface area contributed by atoms with Crippen LogP contribution in [0.15, 0.2) is 67.1 Å². The van der Waals surface area contributed by atoms with Crippen LogP contribution in [-0.4, -0.2) is 38.3 Å². The largest absolute Gasteiger partial charge is 0.337 e. The number of aromatic nitrogens is 3. The second-order valence-corrected chi connectivity index (χ2v) is 8.60. The first-order chi connectivity index (χ1) is 15.6. The number of rotatable bonds is 4. The standard InChI is InChI=1S/C25H22ClFN4O/c26-20-6-8-24-29-23(16-31(24)15-20)25(32)30-11-9-18(10-12-30)22-7-5-17(14-28-22)13-19-3-1-2-4-21(19)27/h1-8,14-16,18H,9-13H2. The third-order valence-electron chi connectivity index (χ3n) is 6.03. The number of hydrogen-bond donors (Lipinski definition) is 0. The summed E-state index contributed by atoms with van der Waals surface area (Å²) >= 11 is 6.02. The monoisotopic (exact) mass is 448 g/mol. The van der Waals surface area contributed by atoms with Gasteiger partial charge in [-0.1, -0.05) is 35.9 Å². The lowest BCUT2D eigenvalue weighted by molar-refractivity contribution is 0.0707. The molecular formula is C25H22ClFN4O. The molecule has 1 aliphatic rings. The quantitative estimate of drug-likeness (QED) is 0.434. The SMILES string of the molecule is O=C(c1cn2cc(Cl)ccc2n1)N1CCC(c2ccc(Cc3ccccc3F)cn2)CC1. The van der Waals surface area contributed by atoms with Crippen molar-refractivity contribution in [2.75, 3.05) is 13.1 Å². The van der Waals surface area contributed by atoms with Gasteiger partial charge in [0.15, 0.2) is 0 Å². The summed E-state index contributed by atoms with van der Waals surface area (Å²) in [5.74, 6) is 0.0558. The smallest absolute Gasteiger partial charge is 0.274 e. The molecule has 7 heteroatoms. The average Bonchev–Trinajstić information content (AvgIpc) is 3.24. The van der Waals surface area contributed by atoms with E-state index in [1.165, 1.54) is 6.07 Å². The molecule has 1 saturated heterocycles. The molecule has 0 atom stereocenters. The van der Waals surface area contributed by atoms with Gasteiger partial charge < -0.3 is 9.30 Å². The van der Waals surface area contributed by atoms with Crippen molar-refractivity contribution in [1.29, 1.82) is 0 Å². The van der Waals surface area contributed by atoms with Crippen molar-refractivity contribution < 1.29 is 9.18 Å². The molecule has 0 aliphatic carbocycles. The maximum atomic E-state index is 13.9. The summed E-state index contributed by atoms with van der Waals surface area (Å²) in [6.07, 6.45) is 7.54. The Balaban J connectivity index is 1.21. The van der Waals surface area contributed by atoms with E-state index in [2.05, 4.69) is 9.97 Å². The van der Waals surface area contributed by atoms with Crippen LogP contribution in [0.1, 0.15) is 46.1 Å². The normalized spacial score (nSPS) is 14.8. The van der Waals surface area contributed by atoms with Crippen molar-refractivity contribution in [2.24, 2.45) is 0 Å². The number of fused-ring (bicyclic) bond motifs is 1. The fourth-order valence-corrected chi connectivity index (χ4v) is 4.42. The van der Waals surface area contributed by atoms with Crippen LogP contribution >= 0.6 is 11.6 Å². The second kappa shape index (κ2) is 8.71. The van der Waals surface area contributed by atoms with Crippen LogP contribution in [0.5, 0.6) is 0 Å². The van der Waals surface area contributed by atoms with Gasteiger partial charge in [-0.25, -0.2) is 9.37 Å². The predicted octanol–water partition coefficient (Wildman–Crippen LogP) is 5.13. The predicted molar refractivity (Wildman–Crippen MR) is 122 cm³/mol. The Morgan fingerprint density at radius 2 is 1.88 bits per heavy atom. The molecule has 1 fully saturated rings. The molecule has 1 amide bonds. The highest BCUT2D eigenvalue weighted by Crippen LogP contribution is 2.28. The summed E-state index contributed by atoms with van der Waals surface area (Å²) in [5.41, 5.74) is 3.81. The van der Waals surface area contributed by atoms with Gasteiger partial charge in [-0.15, -0.1) is 0 Å². The lowest BCUT2D eigenvalue weighted by Crippen LogP contribution is -2.38. The maximum absolute atomic E-state index is 13.9. The summed E-state index contributed by atoms with van der Waals surface area (Å²) < 4.78 is 15.7. The molecule has 1 aliphatic heterocycles. The third-order valence-corrected chi connectivity index (χ3v) is 6.26. The number of likely N-dealkylation sites (tertiary alicyclic amines) is 1. The molecule has 0 N–H and O–H groups in total. The molecule has 162 valence electrons. The van der Waals surface area contributed by atoms with Gasteiger partial charge in [-0.2, -0.15) is 0 Å². The molecule has 3 aromatic heterocycles. The Morgan fingerprint density at radius 1 is 1.06 bits per heavy atom. The molecule has 0 bridgehead atoms. The van der Waals surface area contributed by atoms with Gasteiger partial charge in [0.2, 0.25) is 0 Å². The first-order valence-corrected chi connectivity index (χ1v) is 11.1. The Labute approximate surface area is 190 Å². The zero-order valence-electron chi connectivity index (χ0n) is 17.4. The molecule has 4 aromatic rings. The van der Waals surface area contributed by atoms with Crippen LogP contribution in [0, 0.1) is 5.82 Å². The summed E-state index contributed by atoms with van der Waals surface area (Å²) in [4.78, 5) is 23.8. The number of piperidine rings is 1. The lowest BCUT2D eigenvalue weighted by Gasteiger charge is -2.31. The Kier molecular flexibility index (Phi) is 5.62. The Morgan fingerprint density at radius 3 is 2.62 bits per heavy atom. The minimum atomic E-state index is -0.192. The van der Waals surface area contributed by atoms with Gasteiger partial charge in [0, 0.05) is 49.7 Å². The molecule has 4 heterocycles. The van der Waals surface area contributed by atoms with Gasteiger partial charge in [-0.05, 0) is 48.2 Å². The molecule has 0 saturated carbocycles. The summed E-state index contributed by atoms with van der Waals surface area (Å²) in [6.45, 7) is 1.33. The fourth-order valence-electron chi connectivity index (χ4n) is 4.25. The second-order valence-electron chi connectivity index (χ2n) is 8.16. The minimum Gasteiger partial charge on any atom is -0.337 e. The number of benzene rings is 1. The van der Waals surface area contributed by atoms with Gasteiger partial charge in [0.05, 0.1) is 5.02 Å². The number of hydrogen-bond acceptors (Lipinski definition) is 3. The van der Waals surface area contributed by atoms with Gasteiger partial charge >= 0.3 is 0 Å². The van der Waals surface area contributed by atoms with E-state index >= 15 is 0 Å². The number of carbonyl (C=O) groups excluding carboxylic acids is 1. The molecule has 32 heavy (non-hydrogen) atoms. The van der Waals surface area contributed by atoms with E-state index < -0.39 is 0 Å². The zero-order chi connectivity index (χ0) is 22.1. The lowest BCUT2D eigenvalue weighted by atomic mass is 9.92. The number of carbonyl (C=O) groups is 1. The van der Waals surface area contributed by atoms with Gasteiger partial charge in [0.25, 0.3) is 5.91 Å². The third kappa shape index (κ3) is 4.23. The van der Waals surface area contributed by atoms with E-state index in [1.807, 2.05) is 29.3 Å².